The highest BCUT2D eigenvalue weighted by Gasteiger charge is 2.08. The second-order valence-corrected chi connectivity index (χ2v) is 4.47. The first kappa shape index (κ1) is 11.6. The summed E-state index contributed by atoms with van der Waals surface area (Å²) in [6.45, 7) is 0.309. The van der Waals surface area contributed by atoms with Crippen molar-refractivity contribution in [3.63, 3.8) is 0 Å². The third kappa shape index (κ3) is 3.29. The van der Waals surface area contributed by atoms with Crippen LogP contribution in [0.1, 0.15) is 0 Å². The number of anilines is 2. The molecular formula is C12H13N3OS. The molecule has 1 amide bonds. The van der Waals surface area contributed by atoms with E-state index in [4.69, 9.17) is 0 Å². The maximum absolute atomic E-state index is 11.7. The minimum Gasteiger partial charge on any atom is -0.365 e. The highest BCUT2D eigenvalue weighted by molar-refractivity contribution is 7.13. The minimum atomic E-state index is -0.0636. The minimum absolute atomic E-state index is 0.0636. The third-order valence-corrected chi connectivity index (χ3v) is 2.94. The number of benzene rings is 1. The molecule has 4 nitrogen and oxygen atoms in total. The molecule has 0 saturated heterocycles. The van der Waals surface area contributed by atoms with Gasteiger partial charge in [0, 0.05) is 24.3 Å². The summed E-state index contributed by atoms with van der Waals surface area (Å²) in [4.78, 5) is 17.6. The van der Waals surface area contributed by atoms with Gasteiger partial charge in [-0.3, -0.25) is 4.79 Å². The number of nitrogens with one attached hydrogen (secondary N) is 1. The number of rotatable bonds is 4. The van der Waals surface area contributed by atoms with Crippen LogP contribution >= 0.6 is 11.3 Å². The predicted octanol–water partition coefficient (Wildman–Crippen LogP) is 2.22. The van der Waals surface area contributed by atoms with Gasteiger partial charge in [-0.25, -0.2) is 4.98 Å². The lowest BCUT2D eigenvalue weighted by Crippen LogP contribution is -2.29. The van der Waals surface area contributed by atoms with E-state index < -0.39 is 0 Å². The second-order valence-electron chi connectivity index (χ2n) is 3.58. The number of likely N-dealkylation sites (N-methyl/N-ethyl adjacent to an activating group) is 1. The van der Waals surface area contributed by atoms with Crippen LogP contribution in [-0.2, 0) is 4.79 Å². The number of thiazole rings is 1. The molecule has 2 rings (SSSR count). The van der Waals surface area contributed by atoms with Crippen molar-refractivity contribution in [1.82, 2.24) is 4.98 Å². The fraction of sp³-hybridized carbons (Fsp3) is 0.167. The molecule has 1 aromatic heterocycles. The van der Waals surface area contributed by atoms with E-state index in [9.17, 15) is 4.79 Å². The zero-order valence-electron chi connectivity index (χ0n) is 9.46. The molecule has 0 atom stereocenters. The van der Waals surface area contributed by atoms with Crippen molar-refractivity contribution in [2.45, 2.75) is 0 Å². The van der Waals surface area contributed by atoms with Crippen molar-refractivity contribution in [3.05, 3.63) is 41.9 Å². The Morgan fingerprint density at radius 3 is 2.82 bits per heavy atom. The molecule has 0 radical (unpaired) electrons. The van der Waals surface area contributed by atoms with Gasteiger partial charge >= 0.3 is 0 Å². The summed E-state index contributed by atoms with van der Waals surface area (Å²) in [6, 6.07) is 9.79. The van der Waals surface area contributed by atoms with Crippen LogP contribution in [-0.4, -0.2) is 24.5 Å². The van der Waals surface area contributed by atoms with Gasteiger partial charge in [0.05, 0.1) is 6.54 Å². The van der Waals surface area contributed by atoms with Crippen molar-refractivity contribution in [2.24, 2.45) is 0 Å². The van der Waals surface area contributed by atoms with E-state index in [1.54, 1.807) is 6.20 Å². The summed E-state index contributed by atoms with van der Waals surface area (Å²) >= 11 is 1.41. The van der Waals surface area contributed by atoms with Crippen LogP contribution in [0.15, 0.2) is 41.9 Å². The first-order chi connectivity index (χ1) is 8.25. The van der Waals surface area contributed by atoms with Crippen LogP contribution in [0, 0.1) is 0 Å². The molecule has 0 aliphatic heterocycles. The molecule has 17 heavy (non-hydrogen) atoms. The SMILES string of the molecule is CN(CC(=O)Nc1nccs1)c1ccccc1. The van der Waals surface area contributed by atoms with E-state index in [-0.39, 0.29) is 5.91 Å². The average Bonchev–Trinajstić information content (AvgIpc) is 2.82. The monoisotopic (exact) mass is 247 g/mol. The molecule has 1 N–H and O–H groups in total. The summed E-state index contributed by atoms with van der Waals surface area (Å²) in [7, 11) is 1.89. The van der Waals surface area contributed by atoms with Crippen LogP contribution < -0.4 is 10.2 Å². The number of nitrogens with zero attached hydrogens (tertiary/aromatic N) is 2. The maximum Gasteiger partial charge on any atom is 0.245 e. The molecule has 1 heterocycles. The standard InChI is InChI=1S/C12H13N3OS/c1-15(10-5-3-2-4-6-10)9-11(16)14-12-13-7-8-17-12/h2-8H,9H2,1H3,(H,13,14,16). The van der Waals surface area contributed by atoms with Crippen molar-refractivity contribution >= 4 is 28.1 Å². The number of hydrogen-bond acceptors (Lipinski definition) is 4. The van der Waals surface area contributed by atoms with Crippen LogP contribution in [0.3, 0.4) is 0 Å². The van der Waals surface area contributed by atoms with E-state index in [1.165, 1.54) is 11.3 Å². The Morgan fingerprint density at radius 1 is 1.41 bits per heavy atom. The molecule has 5 heteroatoms. The first-order valence-corrected chi connectivity index (χ1v) is 6.09. The largest absolute Gasteiger partial charge is 0.365 e. The Morgan fingerprint density at radius 2 is 2.18 bits per heavy atom. The summed E-state index contributed by atoms with van der Waals surface area (Å²) in [5, 5.41) is 5.21. The number of hydrogen-bond donors (Lipinski definition) is 1. The number of carbonyl (C=O) groups excluding carboxylic acids is 1. The molecule has 2 aromatic rings. The smallest absolute Gasteiger partial charge is 0.245 e. The molecular weight excluding hydrogens is 234 g/mol. The van der Waals surface area contributed by atoms with Gasteiger partial charge in [0.2, 0.25) is 5.91 Å². The second kappa shape index (κ2) is 5.45. The normalized spacial score (nSPS) is 9.94. The van der Waals surface area contributed by atoms with E-state index in [2.05, 4.69) is 10.3 Å². The summed E-state index contributed by atoms with van der Waals surface area (Å²) in [5.41, 5.74) is 1.02. The Balaban J connectivity index is 1.91. The van der Waals surface area contributed by atoms with Gasteiger partial charge in [-0.15, -0.1) is 11.3 Å². The van der Waals surface area contributed by atoms with Crippen molar-refractivity contribution in [2.75, 3.05) is 23.8 Å². The molecule has 0 aliphatic rings. The van der Waals surface area contributed by atoms with E-state index >= 15 is 0 Å². The van der Waals surface area contributed by atoms with E-state index in [1.807, 2.05) is 47.7 Å². The van der Waals surface area contributed by atoms with E-state index in [0.29, 0.717) is 11.7 Å². The molecule has 0 bridgehead atoms. The van der Waals surface area contributed by atoms with Gasteiger partial charge in [0.1, 0.15) is 0 Å². The van der Waals surface area contributed by atoms with Crippen molar-refractivity contribution < 1.29 is 4.79 Å². The Bertz CT molecular complexity index is 470. The number of carbonyl (C=O) groups is 1. The van der Waals surface area contributed by atoms with Crippen molar-refractivity contribution in [3.8, 4) is 0 Å². The first-order valence-electron chi connectivity index (χ1n) is 5.21. The molecule has 0 unspecified atom stereocenters. The lowest BCUT2D eigenvalue weighted by atomic mass is 10.3. The molecule has 88 valence electrons. The van der Waals surface area contributed by atoms with Gasteiger partial charge in [0.15, 0.2) is 5.13 Å². The fourth-order valence-electron chi connectivity index (χ4n) is 1.43. The highest BCUT2D eigenvalue weighted by atomic mass is 32.1. The maximum atomic E-state index is 11.7. The van der Waals surface area contributed by atoms with Crippen LogP contribution in [0.25, 0.3) is 0 Å². The molecule has 0 saturated carbocycles. The zero-order valence-corrected chi connectivity index (χ0v) is 10.3. The average molecular weight is 247 g/mol. The Labute approximate surface area is 104 Å². The molecule has 1 aromatic carbocycles. The van der Waals surface area contributed by atoms with Crippen LogP contribution in [0.2, 0.25) is 0 Å². The molecule has 0 fully saturated rings. The van der Waals surface area contributed by atoms with E-state index in [0.717, 1.165) is 5.69 Å². The zero-order chi connectivity index (χ0) is 12.1. The van der Waals surface area contributed by atoms with Crippen LogP contribution in [0.4, 0.5) is 10.8 Å². The van der Waals surface area contributed by atoms with Gasteiger partial charge < -0.3 is 10.2 Å². The molecule has 0 spiro atoms. The highest BCUT2D eigenvalue weighted by Crippen LogP contribution is 2.12. The van der Waals surface area contributed by atoms with Crippen LogP contribution in [0.5, 0.6) is 0 Å². The predicted molar refractivity (Wildman–Crippen MR) is 70.5 cm³/mol. The number of para-hydroxylation sites is 1. The quantitative estimate of drug-likeness (QED) is 0.901. The van der Waals surface area contributed by atoms with Gasteiger partial charge in [-0.05, 0) is 12.1 Å². The van der Waals surface area contributed by atoms with Gasteiger partial charge in [-0.2, -0.15) is 0 Å². The Kier molecular flexibility index (Phi) is 3.72. The third-order valence-electron chi connectivity index (χ3n) is 2.26. The fourth-order valence-corrected chi connectivity index (χ4v) is 1.98. The van der Waals surface area contributed by atoms with Crippen molar-refractivity contribution in [1.29, 1.82) is 0 Å². The molecule has 0 aliphatic carbocycles. The summed E-state index contributed by atoms with van der Waals surface area (Å²) < 4.78 is 0. The topological polar surface area (TPSA) is 45.2 Å². The summed E-state index contributed by atoms with van der Waals surface area (Å²) in [6.07, 6.45) is 1.67. The lowest BCUT2D eigenvalue weighted by Gasteiger charge is -2.17. The number of amides is 1. The lowest BCUT2D eigenvalue weighted by molar-refractivity contribution is -0.114. The number of aromatic nitrogens is 1. The van der Waals surface area contributed by atoms with Gasteiger partial charge in [0.25, 0.3) is 0 Å². The summed E-state index contributed by atoms with van der Waals surface area (Å²) in [5.74, 6) is -0.0636. The van der Waals surface area contributed by atoms with Gasteiger partial charge in [-0.1, -0.05) is 18.2 Å². The Hall–Kier alpha value is -1.88.